The van der Waals surface area contributed by atoms with Crippen LogP contribution in [0.3, 0.4) is 0 Å². The number of nitrogens with zero attached hydrogens (tertiary/aromatic N) is 1. The van der Waals surface area contributed by atoms with Gasteiger partial charge in [-0.15, -0.1) is 0 Å². The minimum atomic E-state index is -4.50. The van der Waals surface area contributed by atoms with E-state index in [0.29, 0.717) is 5.82 Å². The second-order valence-corrected chi connectivity index (χ2v) is 9.61. The lowest BCUT2D eigenvalue weighted by Crippen LogP contribution is -2.19. The highest BCUT2D eigenvalue weighted by Crippen LogP contribution is 2.37. The fourth-order valence-corrected chi connectivity index (χ4v) is 4.14. The molecule has 1 aromatic carbocycles. The Morgan fingerprint density at radius 3 is 2.33 bits per heavy atom. The summed E-state index contributed by atoms with van der Waals surface area (Å²) in [6, 6.07) is 11.8. The summed E-state index contributed by atoms with van der Waals surface area (Å²) >= 11 is 0. The van der Waals surface area contributed by atoms with Crippen molar-refractivity contribution in [2.45, 2.75) is 77.7 Å². The number of phosphoric ester groups is 1. The van der Waals surface area contributed by atoms with Gasteiger partial charge in [0, 0.05) is 12.7 Å². The van der Waals surface area contributed by atoms with Crippen LogP contribution in [0, 0.1) is 0 Å². The van der Waals surface area contributed by atoms with E-state index in [-0.39, 0.29) is 6.54 Å². The van der Waals surface area contributed by atoms with Crippen molar-refractivity contribution >= 4 is 13.6 Å². The summed E-state index contributed by atoms with van der Waals surface area (Å²) in [7, 11) is -4.50. The van der Waals surface area contributed by atoms with Gasteiger partial charge in [0.15, 0.2) is 0 Å². The average Bonchev–Trinajstić information content (AvgIpc) is 2.78. The highest BCUT2D eigenvalue weighted by Gasteiger charge is 2.18. The van der Waals surface area contributed by atoms with Crippen molar-refractivity contribution in [2.75, 3.05) is 18.5 Å². The van der Waals surface area contributed by atoms with Crippen LogP contribution in [0.1, 0.15) is 71.6 Å². The van der Waals surface area contributed by atoms with E-state index in [0.717, 1.165) is 29.9 Å². The molecule has 0 amide bonds. The maximum absolute atomic E-state index is 10.9. The molecule has 33 heavy (non-hydrogen) atoms. The molecule has 3 N–H and O–H groups in total. The van der Waals surface area contributed by atoms with Gasteiger partial charge >= 0.3 is 7.82 Å². The lowest BCUT2D eigenvalue weighted by atomic mass is 10.1. The molecular weight excluding hydrogens is 439 g/mol. The SMILES string of the molecule is CCCCCCCCCCCOc1cccc(-c2ccnc(NC[C@H](C)OP(=O)(O)O)c2)c1. The van der Waals surface area contributed by atoms with Crippen molar-refractivity contribution in [3.8, 4) is 16.9 Å². The Morgan fingerprint density at radius 2 is 1.64 bits per heavy atom. The normalized spacial score (nSPS) is 12.5. The van der Waals surface area contributed by atoms with Gasteiger partial charge in [-0.25, -0.2) is 9.55 Å². The molecule has 0 aliphatic rings. The summed E-state index contributed by atoms with van der Waals surface area (Å²) in [6.45, 7) is 4.79. The molecule has 0 saturated heterocycles. The van der Waals surface area contributed by atoms with Crippen LogP contribution in [0.25, 0.3) is 11.1 Å². The monoisotopic (exact) mass is 478 g/mol. The zero-order valence-electron chi connectivity index (χ0n) is 19.9. The molecule has 0 radical (unpaired) electrons. The van der Waals surface area contributed by atoms with E-state index in [4.69, 9.17) is 14.5 Å². The summed E-state index contributed by atoms with van der Waals surface area (Å²) in [4.78, 5) is 22.0. The minimum absolute atomic E-state index is 0.226. The first kappa shape index (κ1) is 27.3. The number of anilines is 1. The third kappa shape index (κ3) is 12.2. The highest BCUT2D eigenvalue weighted by atomic mass is 31.2. The van der Waals surface area contributed by atoms with E-state index in [1.807, 2.05) is 36.4 Å². The number of hydrogen-bond acceptors (Lipinski definition) is 5. The summed E-state index contributed by atoms with van der Waals surface area (Å²) in [5, 5.41) is 3.05. The lowest BCUT2D eigenvalue weighted by Gasteiger charge is -2.15. The number of nitrogens with one attached hydrogen (secondary N) is 1. The van der Waals surface area contributed by atoms with Crippen LogP contribution < -0.4 is 10.1 Å². The molecule has 0 bridgehead atoms. The van der Waals surface area contributed by atoms with Gasteiger partial charge in [0.2, 0.25) is 0 Å². The zero-order chi connectivity index (χ0) is 23.9. The predicted molar refractivity (Wildman–Crippen MR) is 133 cm³/mol. The Kier molecular flexibility index (Phi) is 12.5. The first-order chi connectivity index (χ1) is 15.9. The lowest BCUT2D eigenvalue weighted by molar-refractivity contribution is 0.152. The molecule has 2 aromatic rings. The van der Waals surface area contributed by atoms with Gasteiger partial charge in [0.25, 0.3) is 0 Å². The molecule has 0 fully saturated rings. The number of pyridine rings is 1. The highest BCUT2D eigenvalue weighted by molar-refractivity contribution is 7.46. The predicted octanol–water partition coefficient (Wildman–Crippen LogP) is 6.57. The molecule has 8 heteroatoms. The molecule has 2 rings (SSSR count). The maximum atomic E-state index is 10.9. The van der Waals surface area contributed by atoms with Crippen LogP contribution in [0.4, 0.5) is 5.82 Å². The third-order valence-corrected chi connectivity index (χ3v) is 5.97. The van der Waals surface area contributed by atoms with Crippen LogP contribution in [-0.2, 0) is 9.09 Å². The van der Waals surface area contributed by atoms with Crippen molar-refractivity contribution in [3.05, 3.63) is 42.6 Å². The number of benzene rings is 1. The first-order valence-electron chi connectivity index (χ1n) is 12.0. The second-order valence-electron chi connectivity index (χ2n) is 8.42. The van der Waals surface area contributed by atoms with Gasteiger partial charge in [-0.2, -0.15) is 0 Å². The molecule has 0 aliphatic carbocycles. The minimum Gasteiger partial charge on any atom is -0.494 e. The second kappa shape index (κ2) is 15.1. The van der Waals surface area contributed by atoms with Crippen LogP contribution in [0.15, 0.2) is 42.6 Å². The Labute approximate surface area is 198 Å². The van der Waals surface area contributed by atoms with E-state index in [1.165, 1.54) is 51.4 Å². The maximum Gasteiger partial charge on any atom is 0.469 e. The topological polar surface area (TPSA) is 101 Å². The van der Waals surface area contributed by atoms with E-state index in [2.05, 4.69) is 21.7 Å². The number of aromatic nitrogens is 1. The van der Waals surface area contributed by atoms with Gasteiger partial charge in [-0.1, -0.05) is 70.4 Å². The molecule has 1 heterocycles. The smallest absolute Gasteiger partial charge is 0.469 e. The van der Waals surface area contributed by atoms with Crippen molar-refractivity contribution in [3.63, 3.8) is 0 Å². The van der Waals surface area contributed by atoms with Crippen molar-refractivity contribution in [2.24, 2.45) is 0 Å². The van der Waals surface area contributed by atoms with Crippen LogP contribution in [-0.4, -0.2) is 34.0 Å². The first-order valence-corrected chi connectivity index (χ1v) is 13.6. The van der Waals surface area contributed by atoms with Gasteiger partial charge in [-0.05, 0) is 48.7 Å². The standard InChI is InChI=1S/C25H39N2O5P/c1-3-4-5-6-7-8-9-10-11-17-31-24-14-12-13-22(18-24)23-15-16-26-25(19-23)27-20-21(2)32-33(28,29)30/h12-16,18-19,21H,3-11,17,20H2,1-2H3,(H,26,27)(H2,28,29,30)/t21-/m0/s1. The quantitative estimate of drug-likeness (QED) is 0.175. The third-order valence-electron chi connectivity index (χ3n) is 5.33. The van der Waals surface area contributed by atoms with Crippen molar-refractivity contribution in [1.29, 1.82) is 0 Å². The van der Waals surface area contributed by atoms with E-state index >= 15 is 0 Å². The number of rotatable bonds is 17. The van der Waals surface area contributed by atoms with E-state index in [1.54, 1.807) is 13.1 Å². The van der Waals surface area contributed by atoms with Crippen LogP contribution in [0.5, 0.6) is 5.75 Å². The number of phosphoric acid groups is 1. The summed E-state index contributed by atoms with van der Waals surface area (Å²) in [5.41, 5.74) is 1.99. The van der Waals surface area contributed by atoms with Gasteiger partial charge < -0.3 is 19.8 Å². The Morgan fingerprint density at radius 1 is 0.970 bits per heavy atom. The molecule has 0 unspecified atom stereocenters. The Bertz CT molecular complexity index is 858. The zero-order valence-corrected chi connectivity index (χ0v) is 20.8. The largest absolute Gasteiger partial charge is 0.494 e. The number of unbranched alkanes of at least 4 members (excludes halogenated alkanes) is 8. The van der Waals surface area contributed by atoms with Gasteiger partial charge in [0.1, 0.15) is 11.6 Å². The molecule has 7 nitrogen and oxygen atoms in total. The average molecular weight is 479 g/mol. The van der Waals surface area contributed by atoms with E-state index < -0.39 is 13.9 Å². The molecule has 0 aliphatic heterocycles. The number of hydrogen-bond donors (Lipinski definition) is 3. The van der Waals surface area contributed by atoms with Crippen molar-refractivity contribution < 1.29 is 23.6 Å². The molecule has 0 saturated carbocycles. The van der Waals surface area contributed by atoms with E-state index in [9.17, 15) is 4.57 Å². The summed E-state index contributed by atoms with van der Waals surface area (Å²) in [6.07, 6.45) is 12.7. The molecule has 1 atom stereocenters. The summed E-state index contributed by atoms with van der Waals surface area (Å²) in [5.74, 6) is 1.46. The fourth-order valence-electron chi connectivity index (χ4n) is 3.59. The Hall–Kier alpha value is -1.92. The van der Waals surface area contributed by atoms with Crippen LogP contribution >= 0.6 is 7.82 Å². The molecule has 1 aromatic heterocycles. The fraction of sp³-hybridized carbons (Fsp3) is 0.560. The van der Waals surface area contributed by atoms with Crippen LogP contribution in [0.2, 0.25) is 0 Å². The van der Waals surface area contributed by atoms with Crippen molar-refractivity contribution in [1.82, 2.24) is 4.98 Å². The molecular formula is C25H39N2O5P. The molecule has 0 spiro atoms. The number of ether oxygens (including phenoxy) is 1. The molecule has 184 valence electrons. The summed E-state index contributed by atoms with van der Waals surface area (Å²) < 4.78 is 21.5. The Balaban J connectivity index is 1.76. The van der Waals surface area contributed by atoms with Gasteiger partial charge in [0.05, 0.1) is 12.7 Å². The van der Waals surface area contributed by atoms with Gasteiger partial charge in [-0.3, -0.25) is 4.52 Å².